The molecular weight excluding hydrogens is 455 g/mol. The molecule has 182 valence electrons. The standard InChI is InChI=1S/C25H26BF2N3O4/c1-14(2)16-4-6-18(7-5-16)25(27,28)23(35)29-12-15-3-8-19-17(11-15)13-31(21(19)33)24(26)10-9-20(32)30-22(24)34/h3-8,11,14H,9-10,12-13,26H2,1-2H3,(H,29,35)(H,30,32,34)/t24-/m1/s1. The number of carbonyl (C=O) groups is 4. The summed E-state index contributed by atoms with van der Waals surface area (Å²) in [5, 5.41) is 4.57. The Bertz CT molecular complexity index is 1220. The van der Waals surface area contributed by atoms with Crippen LogP contribution in [0.5, 0.6) is 0 Å². The summed E-state index contributed by atoms with van der Waals surface area (Å²) in [6.45, 7) is 3.90. The van der Waals surface area contributed by atoms with E-state index in [2.05, 4.69) is 10.6 Å². The number of halogens is 2. The number of imide groups is 1. The predicted molar refractivity (Wildman–Crippen MR) is 126 cm³/mol. The molecule has 0 aromatic heterocycles. The van der Waals surface area contributed by atoms with E-state index >= 15 is 0 Å². The highest BCUT2D eigenvalue weighted by molar-refractivity contribution is 6.32. The van der Waals surface area contributed by atoms with Gasteiger partial charge in [-0.05, 0) is 35.1 Å². The van der Waals surface area contributed by atoms with Gasteiger partial charge in [0.2, 0.25) is 11.8 Å². The first-order chi connectivity index (χ1) is 16.4. The average molecular weight is 481 g/mol. The summed E-state index contributed by atoms with van der Waals surface area (Å²) < 4.78 is 29.4. The molecule has 2 aromatic rings. The van der Waals surface area contributed by atoms with Gasteiger partial charge in [-0.1, -0.05) is 50.2 Å². The van der Waals surface area contributed by atoms with E-state index < -0.39 is 23.2 Å². The van der Waals surface area contributed by atoms with Crippen LogP contribution < -0.4 is 10.6 Å². The van der Waals surface area contributed by atoms with Gasteiger partial charge >= 0.3 is 5.92 Å². The Morgan fingerprint density at radius 1 is 1.17 bits per heavy atom. The van der Waals surface area contributed by atoms with Gasteiger partial charge in [0.1, 0.15) is 7.85 Å². The molecule has 7 nitrogen and oxygen atoms in total. The number of nitrogens with zero attached hydrogens (tertiary/aromatic N) is 1. The maximum Gasteiger partial charge on any atom is 0.349 e. The smallest absolute Gasteiger partial charge is 0.346 e. The van der Waals surface area contributed by atoms with Crippen molar-refractivity contribution in [3.05, 3.63) is 70.3 Å². The summed E-state index contributed by atoms with van der Waals surface area (Å²) in [4.78, 5) is 50.7. The number of alkyl halides is 2. The van der Waals surface area contributed by atoms with Gasteiger partial charge in [-0.3, -0.25) is 24.5 Å². The minimum absolute atomic E-state index is 0.133. The lowest BCUT2D eigenvalue weighted by molar-refractivity contribution is -0.147. The highest BCUT2D eigenvalue weighted by Crippen LogP contribution is 2.33. The normalized spacial score (nSPS) is 20.1. The molecule has 2 N–H and O–H groups in total. The first kappa shape index (κ1) is 24.6. The Hall–Kier alpha value is -3.56. The monoisotopic (exact) mass is 481 g/mol. The lowest BCUT2D eigenvalue weighted by atomic mass is 9.70. The Kier molecular flexibility index (Phi) is 6.25. The summed E-state index contributed by atoms with van der Waals surface area (Å²) in [7, 11) is 1.62. The molecular formula is C25H26BF2N3O4. The Balaban J connectivity index is 1.44. The van der Waals surface area contributed by atoms with Crippen LogP contribution in [0.25, 0.3) is 0 Å². The van der Waals surface area contributed by atoms with Crippen LogP contribution in [0.3, 0.4) is 0 Å². The quantitative estimate of drug-likeness (QED) is 0.487. The predicted octanol–water partition coefficient (Wildman–Crippen LogP) is 1.94. The molecule has 1 saturated heterocycles. The number of fused-ring (bicyclic) bond motifs is 1. The second-order valence-corrected chi connectivity index (χ2v) is 9.57. The minimum Gasteiger partial charge on any atom is -0.346 e. The first-order valence-electron chi connectivity index (χ1n) is 11.5. The molecule has 2 aliphatic heterocycles. The van der Waals surface area contributed by atoms with Crippen LogP contribution in [0.4, 0.5) is 8.78 Å². The van der Waals surface area contributed by atoms with Crippen LogP contribution in [-0.2, 0) is 33.4 Å². The van der Waals surface area contributed by atoms with Gasteiger partial charge in [0, 0.05) is 30.6 Å². The highest BCUT2D eigenvalue weighted by Gasteiger charge is 2.48. The number of amides is 4. The zero-order valence-electron chi connectivity index (χ0n) is 19.8. The van der Waals surface area contributed by atoms with E-state index in [1.165, 1.54) is 17.0 Å². The maximum absolute atomic E-state index is 14.7. The van der Waals surface area contributed by atoms with Gasteiger partial charge < -0.3 is 10.2 Å². The fraction of sp³-hybridized carbons (Fsp3) is 0.360. The van der Waals surface area contributed by atoms with Crippen molar-refractivity contribution in [3.8, 4) is 0 Å². The second kappa shape index (κ2) is 8.90. The van der Waals surface area contributed by atoms with Crippen molar-refractivity contribution in [2.75, 3.05) is 0 Å². The Morgan fingerprint density at radius 3 is 2.49 bits per heavy atom. The molecule has 0 unspecified atom stereocenters. The third-order valence-electron chi connectivity index (χ3n) is 6.83. The molecule has 0 saturated carbocycles. The van der Waals surface area contributed by atoms with Crippen molar-refractivity contribution >= 4 is 31.5 Å². The summed E-state index contributed by atoms with van der Waals surface area (Å²) in [6.07, 6.45) is 0.349. The molecule has 0 aliphatic carbocycles. The number of carbonyl (C=O) groups excluding carboxylic acids is 4. The Morgan fingerprint density at radius 2 is 1.86 bits per heavy atom. The third kappa shape index (κ3) is 4.44. The molecule has 10 heteroatoms. The van der Waals surface area contributed by atoms with E-state index in [-0.39, 0.29) is 49.2 Å². The van der Waals surface area contributed by atoms with Crippen molar-refractivity contribution in [1.82, 2.24) is 15.5 Å². The fourth-order valence-electron chi connectivity index (χ4n) is 4.44. The SMILES string of the molecule is B[C@@]1(N2Cc3cc(CNC(=O)C(F)(F)c4ccc(C(C)C)cc4)ccc3C2=O)CCC(=O)NC1=O. The first-order valence-corrected chi connectivity index (χ1v) is 11.5. The van der Waals surface area contributed by atoms with E-state index in [0.29, 0.717) is 16.7 Å². The van der Waals surface area contributed by atoms with Crippen LogP contribution in [0.2, 0.25) is 0 Å². The molecule has 2 aromatic carbocycles. The molecule has 35 heavy (non-hydrogen) atoms. The lowest BCUT2D eigenvalue weighted by Gasteiger charge is -2.39. The van der Waals surface area contributed by atoms with Crippen molar-refractivity contribution < 1.29 is 28.0 Å². The molecule has 0 radical (unpaired) electrons. The van der Waals surface area contributed by atoms with Gasteiger partial charge in [0.05, 0.1) is 5.44 Å². The van der Waals surface area contributed by atoms with Crippen molar-refractivity contribution in [1.29, 1.82) is 0 Å². The maximum atomic E-state index is 14.7. The highest BCUT2D eigenvalue weighted by atomic mass is 19.3. The number of nitrogens with one attached hydrogen (secondary N) is 2. The second-order valence-electron chi connectivity index (χ2n) is 9.57. The summed E-state index contributed by atoms with van der Waals surface area (Å²) in [6, 6.07) is 10.5. The van der Waals surface area contributed by atoms with Crippen molar-refractivity contribution in [2.45, 2.75) is 57.1 Å². The summed E-state index contributed by atoms with van der Waals surface area (Å²) >= 11 is 0. The number of rotatable bonds is 6. The van der Waals surface area contributed by atoms with Gasteiger partial charge in [0.15, 0.2) is 0 Å². The van der Waals surface area contributed by atoms with Crippen molar-refractivity contribution in [3.63, 3.8) is 0 Å². The molecule has 0 spiro atoms. The molecule has 4 amide bonds. The molecule has 1 fully saturated rings. The summed E-state index contributed by atoms with van der Waals surface area (Å²) in [5.41, 5.74) is 0.937. The molecule has 1 atom stereocenters. The third-order valence-corrected chi connectivity index (χ3v) is 6.83. The van der Waals surface area contributed by atoms with E-state index in [1.54, 1.807) is 38.2 Å². The molecule has 4 rings (SSSR count). The van der Waals surface area contributed by atoms with Gasteiger partial charge in [0.25, 0.3) is 11.8 Å². The largest absolute Gasteiger partial charge is 0.349 e. The average Bonchev–Trinajstić information content (AvgIpc) is 3.16. The fourth-order valence-corrected chi connectivity index (χ4v) is 4.44. The zero-order chi connectivity index (χ0) is 25.5. The van der Waals surface area contributed by atoms with Crippen molar-refractivity contribution in [2.24, 2.45) is 0 Å². The Labute approximate surface area is 202 Å². The zero-order valence-corrected chi connectivity index (χ0v) is 19.8. The van der Waals surface area contributed by atoms with Crippen LogP contribution in [-0.4, -0.2) is 41.8 Å². The van der Waals surface area contributed by atoms with Crippen LogP contribution in [0.15, 0.2) is 42.5 Å². The van der Waals surface area contributed by atoms with Crippen LogP contribution in [0, 0.1) is 0 Å². The minimum atomic E-state index is -3.70. The van der Waals surface area contributed by atoms with E-state index in [9.17, 15) is 28.0 Å². The molecule has 2 aliphatic rings. The van der Waals surface area contributed by atoms with E-state index in [0.717, 1.165) is 5.56 Å². The number of hydrogen-bond acceptors (Lipinski definition) is 4. The lowest BCUT2D eigenvalue weighted by Crippen LogP contribution is -2.63. The number of hydrogen-bond donors (Lipinski definition) is 2. The van der Waals surface area contributed by atoms with E-state index in [4.69, 9.17) is 0 Å². The van der Waals surface area contributed by atoms with Gasteiger partial charge in [-0.25, -0.2) is 0 Å². The van der Waals surface area contributed by atoms with Gasteiger partial charge in [-0.2, -0.15) is 8.78 Å². The topological polar surface area (TPSA) is 95.6 Å². The van der Waals surface area contributed by atoms with E-state index in [1.807, 2.05) is 13.8 Å². The van der Waals surface area contributed by atoms with Crippen LogP contribution in [0.1, 0.15) is 65.2 Å². The summed E-state index contributed by atoms with van der Waals surface area (Å²) in [5.74, 6) is -6.15. The molecule has 0 bridgehead atoms. The number of piperidine rings is 1. The number of benzene rings is 2. The van der Waals surface area contributed by atoms with Crippen LogP contribution >= 0.6 is 0 Å². The van der Waals surface area contributed by atoms with Gasteiger partial charge in [-0.15, -0.1) is 0 Å². The molecule has 2 heterocycles.